The molecule has 0 saturated carbocycles. The van der Waals surface area contributed by atoms with Crippen LogP contribution in [0.1, 0.15) is 38.2 Å². The molecule has 2 aliphatic heterocycles. The predicted octanol–water partition coefficient (Wildman–Crippen LogP) is 3.19. The van der Waals surface area contributed by atoms with Crippen molar-refractivity contribution in [1.29, 1.82) is 0 Å². The van der Waals surface area contributed by atoms with Crippen LogP contribution >= 0.6 is 0 Å². The Morgan fingerprint density at radius 3 is 2.62 bits per heavy atom. The molecule has 3 rings (SSSR count). The Bertz CT molecular complexity index is 419. The van der Waals surface area contributed by atoms with Crippen LogP contribution in [0.2, 0.25) is 0 Å². The molecular formula is C18H28N2O. The van der Waals surface area contributed by atoms with E-state index in [1.165, 1.54) is 50.0 Å². The normalized spacial score (nSPS) is 24.2. The van der Waals surface area contributed by atoms with Gasteiger partial charge in [-0.1, -0.05) is 12.1 Å². The quantitative estimate of drug-likeness (QED) is 0.900. The molecule has 2 saturated heterocycles. The number of benzene rings is 1. The van der Waals surface area contributed by atoms with Gasteiger partial charge >= 0.3 is 0 Å². The smallest absolute Gasteiger partial charge is 0.0509 e. The first-order valence-electron chi connectivity index (χ1n) is 8.48. The molecule has 2 heterocycles. The van der Waals surface area contributed by atoms with Gasteiger partial charge in [0.2, 0.25) is 0 Å². The zero-order chi connectivity index (χ0) is 14.5. The van der Waals surface area contributed by atoms with E-state index < -0.39 is 0 Å². The lowest BCUT2D eigenvalue weighted by molar-refractivity contribution is 0.178. The minimum absolute atomic E-state index is 0.536. The van der Waals surface area contributed by atoms with Crippen LogP contribution < -0.4 is 10.2 Å². The average molecular weight is 288 g/mol. The Labute approximate surface area is 128 Å². The van der Waals surface area contributed by atoms with Crippen LogP contribution in [0.5, 0.6) is 0 Å². The molecule has 0 bridgehead atoms. The van der Waals surface area contributed by atoms with Gasteiger partial charge in [0.15, 0.2) is 0 Å². The molecule has 0 spiro atoms. The molecule has 2 fully saturated rings. The van der Waals surface area contributed by atoms with E-state index in [9.17, 15) is 0 Å². The fourth-order valence-electron chi connectivity index (χ4n) is 3.37. The van der Waals surface area contributed by atoms with E-state index in [1.807, 2.05) is 0 Å². The number of nitrogens with one attached hydrogen (secondary N) is 1. The lowest BCUT2D eigenvalue weighted by atomic mass is 10.0. The summed E-state index contributed by atoms with van der Waals surface area (Å²) in [5.41, 5.74) is 2.76. The number of rotatable bonds is 5. The average Bonchev–Trinajstić information content (AvgIpc) is 3.08. The molecule has 0 aliphatic carbocycles. The van der Waals surface area contributed by atoms with Crippen molar-refractivity contribution in [3.05, 3.63) is 29.8 Å². The van der Waals surface area contributed by atoms with E-state index in [1.54, 1.807) is 0 Å². The summed E-state index contributed by atoms with van der Waals surface area (Å²) in [4.78, 5) is 2.51. The van der Waals surface area contributed by atoms with Crippen LogP contribution in [-0.2, 0) is 11.3 Å². The minimum Gasteiger partial charge on any atom is -0.381 e. The third kappa shape index (κ3) is 3.98. The van der Waals surface area contributed by atoms with Gasteiger partial charge in [-0.3, -0.25) is 0 Å². The number of piperidine rings is 1. The second kappa shape index (κ2) is 7.28. The summed E-state index contributed by atoms with van der Waals surface area (Å²) in [5, 5.41) is 3.65. The van der Waals surface area contributed by atoms with Crippen LogP contribution in [0.4, 0.5) is 5.69 Å². The maximum absolute atomic E-state index is 5.47. The topological polar surface area (TPSA) is 24.5 Å². The van der Waals surface area contributed by atoms with Gasteiger partial charge < -0.3 is 15.0 Å². The molecule has 1 aromatic carbocycles. The first-order valence-corrected chi connectivity index (χ1v) is 8.48. The molecule has 0 aromatic heterocycles. The Morgan fingerprint density at radius 1 is 1.19 bits per heavy atom. The second-order valence-corrected chi connectivity index (χ2v) is 6.51. The summed E-state index contributed by atoms with van der Waals surface area (Å²) < 4.78 is 5.47. The van der Waals surface area contributed by atoms with Crippen molar-refractivity contribution in [2.45, 2.75) is 45.2 Å². The maximum Gasteiger partial charge on any atom is 0.0509 e. The van der Waals surface area contributed by atoms with Crippen molar-refractivity contribution < 1.29 is 4.74 Å². The van der Waals surface area contributed by atoms with Crippen LogP contribution in [0.15, 0.2) is 24.3 Å². The summed E-state index contributed by atoms with van der Waals surface area (Å²) in [6.45, 7) is 7.52. The van der Waals surface area contributed by atoms with E-state index in [2.05, 4.69) is 41.4 Å². The SMILES string of the molecule is CC(NCc1ccc(N2CCCCC2)cc1)C1CCOC1. The Hall–Kier alpha value is -1.06. The zero-order valence-corrected chi connectivity index (χ0v) is 13.2. The fraction of sp³-hybridized carbons (Fsp3) is 0.667. The summed E-state index contributed by atoms with van der Waals surface area (Å²) >= 11 is 0. The lowest BCUT2D eigenvalue weighted by Gasteiger charge is -2.29. The highest BCUT2D eigenvalue weighted by atomic mass is 16.5. The third-order valence-electron chi connectivity index (χ3n) is 4.96. The van der Waals surface area contributed by atoms with Crippen LogP contribution in [0.25, 0.3) is 0 Å². The molecule has 21 heavy (non-hydrogen) atoms. The standard InChI is InChI=1S/C18H28N2O/c1-15(17-9-12-21-14-17)19-13-16-5-7-18(8-6-16)20-10-3-2-4-11-20/h5-8,15,17,19H,2-4,9-14H2,1H3. The van der Waals surface area contributed by atoms with E-state index >= 15 is 0 Å². The Balaban J connectivity index is 1.49. The Kier molecular flexibility index (Phi) is 5.15. The Morgan fingerprint density at radius 2 is 1.95 bits per heavy atom. The van der Waals surface area contributed by atoms with Crippen molar-refractivity contribution in [3.8, 4) is 0 Å². The molecule has 0 radical (unpaired) electrons. The third-order valence-corrected chi connectivity index (χ3v) is 4.96. The first kappa shape index (κ1) is 14.9. The van der Waals surface area contributed by atoms with Gasteiger partial charge in [-0.25, -0.2) is 0 Å². The van der Waals surface area contributed by atoms with Crippen molar-refractivity contribution in [1.82, 2.24) is 5.32 Å². The van der Waals surface area contributed by atoms with E-state index in [4.69, 9.17) is 4.74 Å². The van der Waals surface area contributed by atoms with Gasteiger partial charge in [0.05, 0.1) is 6.61 Å². The van der Waals surface area contributed by atoms with E-state index in [0.717, 1.165) is 19.8 Å². The molecule has 1 aromatic rings. The molecule has 1 N–H and O–H groups in total. The highest BCUT2D eigenvalue weighted by Crippen LogP contribution is 2.21. The molecular weight excluding hydrogens is 260 g/mol. The molecule has 2 atom stereocenters. The molecule has 0 amide bonds. The van der Waals surface area contributed by atoms with Crippen LogP contribution in [-0.4, -0.2) is 32.3 Å². The summed E-state index contributed by atoms with van der Waals surface area (Å²) in [5.74, 6) is 0.678. The number of ether oxygens (including phenoxy) is 1. The van der Waals surface area contributed by atoms with E-state index in [-0.39, 0.29) is 0 Å². The van der Waals surface area contributed by atoms with Crippen LogP contribution in [0.3, 0.4) is 0 Å². The largest absolute Gasteiger partial charge is 0.381 e. The number of hydrogen-bond donors (Lipinski definition) is 1. The monoisotopic (exact) mass is 288 g/mol. The lowest BCUT2D eigenvalue weighted by Crippen LogP contribution is -2.33. The van der Waals surface area contributed by atoms with Gasteiger partial charge in [0.1, 0.15) is 0 Å². The van der Waals surface area contributed by atoms with Gasteiger partial charge in [-0.15, -0.1) is 0 Å². The fourth-order valence-corrected chi connectivity index (χ4v) is 3.37. The van der Waals surface area contributed by atoms with Crippen LogP contribution in [0, 0.1) is 5.92 Å². The summed E-state index contributed by atoms with van der Waals surface area (Å²) in [6.07, 6.45) is 5.26. The minimum atomic E-state index is 0.536. The molecule has 3 heteroatoms. The predicted molar refractivity (Wildman–Crippen MR) is 87.7 cm³/mol. The number of hydrogen-bond acceptors (Lipinski definition) is 3. The highest BCUT2D eigenvalue weighted by molar-refractivity contribution is 5.47. The molecule has 3 nitrogen and oxygen atoms in total. The van der Waals surface area contributed by atoms with Gasteiger partial charge in [-0.05, 0) is 56.2 Å². The van der Waals surface area contributed by atoms with Gasteiger partial charge in [-0.2, -0.15) is 0 Å². The molecule has 2 aliphatic rings. The molecule has 2 unspecified atom stereocenters. The first-order chi connectivity index (χ1) is 10.3. The van der Waals surface area contributed by atoms with Gasteiger partial charge in [0.25, 0.3) is 0 Å². The second-order valence-electron chi connectivity index (χ2n) is 6.51. The van der Waals surface area contributed by atoms with Crippen molar-refractivity contribution in [3.63, 3.8) is 0 Å². The van der Waals surface area contributed by atoms with Gasteiger partial charge in [0, 0.05) is 38.0 Å². The van der Waals surface area contributed by atoms with E-state index in [0.29, 0.717) is 12.0 Å². The highest BCUT2D eigenvalue weighted by Gasteiger charge is 2.21. The maximum atomic E-state index is 5.47. The number of anilines is 1. The summed E-state index contributed by atoms with van der Waals surface area (Å²) in [7, 11) is 0. The number of nitrogens with zero attached hydrogens (tertiary/aromatic N) is 1. The van der Waals surface area contributed by atoms with Crippen molar-refractivity contribution in [2.75, 3.05) is 31.2 Å². The molecule has 116 valence electrons. The summed E-state index contributed by atoms with van der Waals surface area (Å²) in [6, 6.07) is 9.65. The van der Waals surface area contributed by atoms with Crippen molar-refractivity contribution >= 4 is 5.69 Å². The zero-order valence-electron chi connectivity index (χ0n) is 13.2. The van der Waals surface area contributed by atoms with Crippen molar-refractivity contribution in [2.24, 2.45) is 5.92 Å².